The molecule has 1 aliphatic heterocycles. The molecule has 0 spiro atoms. The van der Waals surface area contributed by atoms with Crippen molar-refractivity contribution in [2.45, 2.75) is 25.2 Å². The number of nitro groups is 1. The van der Waals surface area contributed by atoms with Crippen molar-refractivity contribution in [1.29, 1.82) is 0 Å². The molecule has 2 atom stereocenters. The van der Waals surface area contributed by atoms with Gasteiger partial charge >= 0.3 is 18.1 Å². The van der Waals surface area contributed by atoms with E-state index in [9.17, 15) is 38.8 Å². The molecule has 0 aliphatic carbocycles. The number of halogens is 1. The Morgan fingerprint density at radius 2 is 1.71 bits per heavy atom. The maximum atomic E-state index is 13.7. The number of hydrogen-bond donors (Lipinski definition) is 3. The molecule has 1 aliphatic rings. The molecule has 0 saturated carbocycles. The van der Waals surface area contributed by atoms with Gasteiger partial charge in [0.05, 0.1) is 17.4 Å². The summed E-state index contributed by atoms with van der Waals surface area (Å²) in [4.78, 5) is 64.2. The number of non-ortho nitro benzene ring substituents is 1. The van der Waals surface area contributed by atoms with Crippen LogP contribution in [-0.2, 0) is 20.9 Å². The number of nitro benzene ring substituents is 1. The molecule has 0 aromatic heterocycles. The first-order valence-corrected chi connectivity index (χ1v) is 12.7. The van der Waals surface area contributed by atoms with E-state index in [0.717, 1.165) is 21.9 Å². The van der Waals surface area contributed by atoms with Crippen LogP contribution in [0.3, 0.4) is 0 Å². The van der Waals surface area contributed by atoms with Crippen molar-refractivity contribution in [3.63, 3.8) is 0 Å². The van der Waals surface area contributed by atoms with E-state index in [0.29, 0.717) is 5.56 Å². The molecule has 218 valence electrons. The van der Waals surface area contributed by atoms with Gasteiger partial charge in [0.15, 0.2) is 6.17 Å². The van der Waals surface area contributed by atoms with Crippen LogP contribution in [0, 0.1) is 15.9 Å². The lowest BCUT2D eigenvalue weighted by atomic mass is 10.0. The summed E-state index contributed by atoms with van der Waals surface area (Å²) in [6.07, 6.45) is -3.14. The van der Waals surface area contributed by atoms with Gasteiger partial charge in [-0.1, -0.05) is 48.5 Å². The van der Waals surface area contributed by atoms with E-state index in [1.54, 1.807) is 30.3 Å². The number of carbonyl (C=O) groups excluding carboxylic acids is 3. The Bertz CT molecular complexity index is 1490. The second-order valence-electron chi connectivity index (χ2n) is 9.25. The molecule has 0 radical (unpaired) electrons. The maximum absolute atomic E-state index is 13.7. The van der Waals surface area contributed by atoms with Gasteiger partial charge in [-0.15, -0.1) is 0 Å². The predicted octanol–water partition coefficient (Wildman–Crippen LogP) is 3.88. The summed E-state index contributed by atoms with van der Waals surface area (Å²) >= 11 is 0. The first-order valence-electron chi connectivity index (χ1n) is 12.7. The smallest absolute Gasteiger partial charge is 0.412 e. The average Bonchev–Trinajstić information content (AvgIpc) is 3.42. The number of aliphatic carboxylic acids is 1. The lowest BCUT2D eigenvalue weighted by Gasteiger charge is -2.30. The zero-order valence-corrected chi connectivity index (χ0v) is 22.0. The molecule has 1 fully saturated rings. The van der Waals surface area contributed by atoms with Crippen molar-refractivity contribution >= 4 is 35.4 Å². The summed E-state index contributed by atoms with van der Waals surface area (Å²) < 4.78 is 19.1. The third-order valence-corrected chi connectivity index (χ3v) is 6.36. The number of nitrogens with one attached hydrogen (secondary N) is 2. The Morgan fingerprint density at radius 1 is 1.00 bits per heavy atom. The van der Waals surface area contributed by atoms with Crippen molar-refractivity contribution in [3.8, 4) is 0 Å². The number of anilines is 1. The number of rotatable bonds is 9. The molecule has 3 aromatic carbocycles. The van der Waals surface area contributed by atoms with Crippen molar-refractivity contribution in [2.24, 2.45) is 0 Å². The van der Waals surface area contributed by atoms with Crippen LogP contribution in [-0.4, -0.2) is 63.1 Å². The minimum absolute atomic E-state index is 0.101. The largest absolute Gasteiger partial charge is 0.481 e. The van der Waals surface area contributed by atoms with E-state index in [1.807, 2.05) is 0 Å². The number of hydrogen-bond acceptors (Lipinski definition) is 7. The summed E-state index contributed by atoms with van der Waals surface area (Å²) in [5.41, 5.74) is 0.593. The molecule has 3 N–H and O–H groups in total. The summed E-state index contributed by atoms with van der Waals surface area (Å²) in [5, 5.41) is 25.7. The minimum Gasteiger partial charge on any atom is -0.481 e. The minimum atomic E-state index is -1.59. The number of benzene rings is 3. The zero-order valence-electron chi connectivity index (χ0n) is 22.0. The number of carboxylic acids is 1. The van der Waals surface area contributed by atoms with Crippen LogP contribution in [0.15, 0.2) is 78.9 Å². The highest BCUT2D eigenvalue weighted by Gasteiger charge is 2.44. The van der Waals surface area contributed by atoms with Crippen LogP contribution in [0.5, 0.6) is 0 Å². The number of carbonyl (C=O) groups is 4. The Kier molecular flexibility index (Phi) is 9.27. The van der Waals surface area contributed by atoms with Crippen LogP contribution >= 0.6 is 0 Å². The van der Waals surface area contributed by atoms with Gasteiger partial charge in [0.1, 0.15) is 12.4 Å². The van der Waals surface area contributed by atoms with Gasteiger partial charge < -0.3 is 20.5 Å². The number of carboxylic acid groups (broad SMARTS) is 1. The zero-order chi connectivity index (χ0) is 30.2. The van der Waals surface area contributed by atoms with E-state index >= 15 is 0 Å². The third kappa shape index (κ3) is 7.35. The number of ether oxygens (including phenoxy) is 1. The molecule has 1 saturated heterocycles. The van der Waals surface area contributed by atoms with E-state index in [-0.39, 0.29) is 36.6 Å². The lowest BCUT2D eigenvalue weighted by molar-refractivity contribution is -0.384. The predicted molar refractivity (Wildman–Crippen MR) is 145 cm³/mol. The van der Waals surface area contributed by atoms with Crippen LogP contribution in [0.1, 0.15) is 23.6 Å². The quantitative estimate of drug-likeness (QED) is 0.253. The van der Waals surface area contributed by atoms with Gasteiger partial charge in [-0.2, -0.15) is 0 Å². The lowest BCUT2D eigenvalue weighted by Crippen LogP contribution is -2.55. The second kappa shape index (κ2) is 13.2. The Labute approximate surface area is 238 Å². The van der Waals surface area contributed by atoms with Crippen LogP contribution in [0.25, 0.3) is 0 Å². The summed E-state index contributed by atoms with van der Waals surface area (Å²) in [6.45, 7) is -0.335. The Balaban J connectivity index is 1.60. The van der Waals surface area contributed by atoms with Gasteiger partial charge in [-0.25, -0.2) is 14.0 Å². The van der Waals surface area contributed by atoms with Crippen molar-refractivity contribution in [2.75, 3.05) is 18.4 Å². The first-order chi connectivity index (χ1) is 20.1. The van der Waals surface area contributed by atoms with Gasteiger partial charge in [0, 0.05) is 30.9 Å². The second-order valence-corrected chi connectivity index (χ2v) is 9.25. The summed E-state index contributed by atoms with van der Waals surface area (Å²) in [6, 6.07) is 16.8. The fraction of sp³-hybridized carbons (Fsp3) is 0.214. The van der Waals surface area contributed by atoms with Crippen molar-refractivity contribution < 1.29 is 38.3 Å². The SMILES string of the molecule is O=C(O)CC(NC(=O)C1N(C(=O)Nc2cccc(F)c2)CCN1C(=O)OCc1ccccc1)c1cccc([N+](=O)[O-])c1. The highest BCUT2D eigenvalue weighted by atomic mass is 19.1. The maximum Gasteiger partial charge on any atom is 0.412 e. The number of amides is 4. The first kappa shape index (κ1) is 29.5. The van der Waals surface area contributed by atoms with Gasteiger partial charge in [-0.05, 0) is 29.3 Å². The molecule has 14 heteroatoms. The molecule has 42 heavy (non-hydrogen) atoms. The monoisotopic (exact) mass is 579 g/mol. The fourth-order valence-corrected chi connectivity index (χ4v) is 4.41. The van der Waals surface area contributed by atoms with Crippen LogP contribution in [0.4, 0.5) is 25.4 Å². The molecular weight excluding hydrogens is 553 g/mol. The van der Waals surface area contributed by atoms with Crippen LogP contribution in [0.2, 0.25) is 0 Å². The van der Waals surface area contributed by atoms with E-state index in [4.69, 9.17) is 4.74 Å². The highest BCUT2D eigenvalue weighted by Crippen LogP contribution is 2.25. The van der Waals surface area contributed by atoms with Gasteiger partial charge in [0.2, 0.25) is 0 Å². The highest BCUT2D eigenvalue weighted by molar-refractivity contribution is 5.95. The van der Waals surface area contributed by atoms with E-state index in [2.05, 4.69) is 10.6 Å². The molecular formula is C28H26FN5O8. The van der Waals surface area contributed by atoms with Crippen molar-refractivity contribution in [3.05, 3.63) is 106 Å². The van der Waals surface area contributed by atoms with Crippen molar-refractivity contribution in [1.82, 2.24) is 15.1 Å². The fourth-order valence-electron chi connectivity index (χ4n) is 4.41. The van der Waals surface area contributed by atoms with Gasteiger partial charge in [0.25, 0.3) is 11.6 Å². The summed E-state index contributed by atoms with van der Waals surface area (Å²) in [5.74, 6) is -2.85. The normalized spacial score (nSPS) is 15.0. The Hall–Kier alpha value is -5.53. The van der Waals surface area contributed by atoms with Gasteiger partial charge in [-0.3, -0.25) is 29.5 Å². The molecule has 1 heterocycles. The third-order valence-electron chi connectivity index (χ3n) is 6.36. The topological polar surface area (TPSA) is 171 Å². The Morgan fingerprint density at radius 3 is 2.40 bits per heavy atom. The molecule has 2 unspecified atom stereocenters. The average molecular weight is 580 g/mol. The molecule has 4 rings (SSSR count). The standard InChI is InChI=1S/C28H26FN5O8/c29-20-9-5-10-21(15-20)30-27(38)32-12-13-33(28(39)42-17-18-6-2-1-3-7-18)26(32)25(37)31-23(16-24(35)36)19-8-4-11-22(14-19)34(40)41/h1-11,14-15,23,26H,12-13,16-17H2,(H,30,38)(H,31,37)(H,35,36). The molecule has 4 amide bonds. The van der Waals surface area contributed by atoms with E-state index < -0.39 is 53.4 Å². The number of urea groups is 1. The molecule has 13 nitrogen and oxygen atoms in total. The number of nitrogens with zero attached hydrogens (tertiary/aromatic N) is 3. The van der Waals surface area contributed by atoms with E-state index in [1.165, 1.54) is 36.4 Å². The molecule has 0 bridgehead atoms. The molecule has 3 aromatic rings. The summed E-state index contributed by atoms with van der Waals surface area (Å²) in [7, 11) is 0. The van der Waals surface area contributed by atoms with Crippen LogP contribution < -0.4 is 10.6 Å².